The van der Waals surface area contributed by atoms with Crippen molar-refractivity contribution in [3.8, 4) is 6.07 Å². The summed E-state index contributed by atoms with van der Waals surface area (Å²) in [6.45, 7) is 0.777. The summed E-state index contributed by atoms with van der Waals surface area (Å²) < 4.78 is 1.13. The molecule has 1 heterocycles. The summed E-state index contributed by atoms with van der Waals surface area (Å²) in [5.41, 5.74) is 1.16. The lowest BCUT2D eigenvalue weighted by atomic mass is 10.0. The summed E-state index contributed by atoms with van der Waals surface area (Å²) in [5, 5.41) is 14.4. The van der Waals surface area contributed by atoms with Crippen LogP contribution in [-0.2, 0) is 6.54 Å². The third kappa shape index (κ3) is 3.42. The smallest absolute Gasteiger partial charge is 0.0641 e. The number of nitriles is 1. The fourth-order valence-corrected chi connectivity index (χ4v) is 3.20. The Balaban J connectivity index is 2.04. The largest absolute Gasteiger partial charge is 0.304 e. The van der Waals surface area contributed by atoms with E-state index in [0.29, 0.717) is 6.42 Å². The van der Waals surface area contributed by atoms with Crippen LogP contribution in [0.15, 0.2) is 46.3 Å². The standard InChI is InChI=1S/C14H13BrN2S/c15-12-7-9-18-14(12)10-17-13(6-8-16)11-4-2-1-3-5-11/h1-5,7,9,13,17H,6,10H2. The number of halogens is 1. The molecule has 0 amide bonds. The van der Waals surface area contributed by atoms with Crippen molar-refractivity contribution >= 4 is 27.3 Å². The van der Waals surface area contributed by atoms with Crippen molar-refractivity contribution in [2.45, 2.75) is 19.0 Å². The molecule has 1 unspecified atom stereocenters. The van der Waals surface area contributed by atoms with E-state index in [1.165, 1.54) is 4.88 Å². The van der Waals surface area contributed by atoms with E-state index in [-0.39, 0.29) is 6.04 Å². The topological polar surface area (TPSA) is 35.8 Å². The number of thiophene rings is 1. The van der Waals surface area contributed by atoms with Crippen LogP contribution < -0.4 is 5.32 Å². The number of benzene rings is 1. The Morgan fingerprint density at radius 1 is 1.28 bits per heavy atom. The summed E-state index contributed by atoms with van der Waals surface area (Å²) in [7, 11) is 0. The molecular weight excluding hydrogens is 308 g/mol. The molecule has 2 rings (SSSR count). The highest BCUT2D eigenvalue weighted by Crippen LogP contribution is 2.24. The second kappa shape index (κ2) is 6.69. The van der Waals surface area contributed by atoms with E-state index >= 15 is 0 Å². The highest BCUT2D eigenvalue weighted by Gasteiger charge is 2.11. The summed E-state index contributed by atoms with van der Waals surface area (Å²) in [6, 6.07) is 14.5. The van der Waals surface area contributed by atoms with Crippen molar-refractivity contribution in [2.75, 3.05) is 0 Å². The molecule has 2 nitrogen and oxygen atoms in total. The summed E-state index contributed by atoms with van der Waals surface area (Å²) in [5.74, 6) is 0. The van der Waals surface area contributed by atoms with E-state index in [2.05, 4.69) is 44.8 Å². The number of nitrogens with zero attached hydrogens (tertiary/aromatic N) is 1. The molecule has 0 fully saturated rings. The van der Waals surface area contributed by atoms with Gasteiger partial charge in [-0.1, -0.05) is 30.3 Å². The third-order valence-electron chi connectivity index (χ3n) is 2.70. The molecular formula is C14H13BrN2S. The summed E-state index contributed by atoms with van der Waals surface area (Å²) in [6.07, 6.45) is 0.479. The maximum atomic E-state index is 8.91. The minimum atomic E-state index is 0.0881. The molecule has 0 saturated carbocycles. The van der Waals surface area contributed by atoms with Crippen LogP contribution in [0.4, 0.5) is 0 Å². The molecule has 0 saturated heterocycles. The predicted octanol–water partition coefficient (Wildman–Crippen LogP) is 4.26. The zero-order valence-corrected chi connectivity index (χ0v) is 12.2. The van der Waals surface area contributed by atoms with Gasteiger partial charge in [0.1, 0.15) is 0 Å². The lowest BCUT2D eigenvalue weighted by molar-refractivity contribution is 0.545. The van der Waals surface area contributed by atoms with Crippen molar-refractivity contribution < 1.29 is 0 Å². The van der Waals surface area contributed by atoms with Gasteiger partial charge in [0.2, 0.25) is 0 Å². The van der Waals surface area contributed by atoms with E-state index < -0.39 is 0 Å². The fourth-order valence-electron chi connectivity index (χ4n) is 1.75. The van der Waals surface area contributed by atoms with Crippen molar-refractivity contribution in [1.29, 1.82) is 5.26 Å². The van der Waals surface area contributed by atoms with Crippen LogP contribution in [0, 0.1) is 11.3 Å². The van der Waals surface area contributed by atoms with Gasteiger partial charge in [0.05, 0.1) is 12.5 Å². The molecule has 0 aliphatic rings. The van der Waals surface area contributed by atoms with Crippen LogP contribution in [0.5, 0.6) is 0 Å². The molecule has 18 heavy (non-hydrogen) atoms. The van der Waals surface area contributed by atoms with Crippen LogP contribution in [-0.4, -0.2) is 0 Å². The van der Waals surface area contributed by atoms with Crippen LogP contribution in [0.1, 0.15) is 22.9 Å². The molecule has 0 aliphatic carbocycles. The maximum Gasteiger partial charge on any atom is 0.0641 e. The van der Waals surface area contributed by atoms with E-state index in [1.807, 2.05) is 24.3 Å². The number of hydrogen-bond acceptors (Lipinski definition) is 3. The van der Waals surface area contributed by atoms with Crippen LogP contribution >= 0.6 is 27.3 Å². The molecule has 92 valence electrons. The molecule has 1 aromatic heterocycles. The Bertz CT molecular complexity index is 530. The first-order valence-electron chi connectivity index (χ1n) is 5.68. The summed E-state index contributed by atoms with van der Waals surface area (Å²) >= 11 is 5.23. The normalized spacial score (nSPS) is 12.0. The SMILES string of the molecule is N#CCC(NCc1sccc1Br)c1ccccc1. The van der Waals surface area contributed by atoms with Crippen molar-refractivity contribution in [3.63, 3.8) is 0 Å². The molecule has 0 radical (unpaired) electrons. The van der Waals surface area contributed by atoms with E-state index in [0.717, 1.165) is 16.6 Å². The molecule has 0 bridgehead atoms. The highest BCUT2D eigenvalue weighted by atomic mass is 79.9. The van der Waals surface area contributed by atoms with Crippen molar-refractivity contribution in [1.82, 2.24) is 5.32 Å². The minimum absolute atomic E-state index is 0.0881. The second-order valence-corrected chi connectivity index (χ2v) is 5.75. The second-order valence-electron chi connectivity index (χ2n) is 3.90. The van der Waals surface area contributed by atoms with Gasteiger partial charge in [-0.25, -0.2) is 0 Å². The van der Waals surface area contributed by atoms with Crippen LogP contribution in [0.2, 0.25) is 0 Å². The quantitative estimate of drug-likeness (QED) is 0.893. The predicted molar refractivity (Wildman–Crippen MR) is 78.3 cm³/mol. The van der Waals surface area contributed by atoms with Gasteiger partial charge in [-0.05, 0) is 32.9 Å². The van der Waals surface area contributed by atoms with Gasteiger partial charge in [-0.2, -0.15) is 5.26 Å². The number of rotatable bonds is 5. The van der Waals surface area contributed by atoms with Crippen molar-refractivity contribution in [3.05, 3.63) is 56.7 Å². The zero-order chi connectivity index (χ0) is 12.8. The first-order valence-corrected chi connectivity index (χ1v) is 7.35. The molecule has 4 heteroatoms. The zero-order valence-electron chi connectivity index (χ0n) is 9.77. The number of nitrogens with one attached hydrogen (secondary N) is 1. The van der Waals surface area contributed by atoms with Gasteiger partial charge in [0.25, 0.3) is 0 Å². The van der Waals surface area contributed by atoms with Crippen LogP contribution in [0.25, 0.3) is 0 Å². The Kier molecular flexibility index (Phi) is 4.94. The minimum Gasteiger partial charge on any atom is -0.304 e. The van der Waals surface area contributed by atoms with Gasteiger partial charge in [-0.3, -0.25) is 0 Å². The first kappa shape index (κ1) is 13.3. The molecule has 1 atom stereocenters. The van der Waals surface area contributed by atoms with E-state index in [1.54, 1.807) is 11.3 Å². The molecule has 1 N–H and O–H groups in total. The summed E-state index contributed by atoms with van der Waals surface area (Å²) in [4.78, 5) is 1.26. The average molecular weight is 321 g/mol. The van der Waals surface area contributed by atoms with E-state index in [4.69, 9.17) is 5.26 Å². The Morgan fingerprint density at radius 2 is 2.06 bits per heavy atom. The number of hydrogen-bond donors (Lipinski definition) is 1. The molecule has 0 aliphatic heterocycles. The molecule has 0 spiro atoms. The lowest BCUT2D eigenvalue weighted by Gasteiger charge is -2.15. The van der Waals surface area contributed by atoms with Gasteiger partial charge in [0, 0.05) is 21.9 Å². The highest BCUT2D eigenvalue weighted by molar-refractivity contribution is 9.10. The molecule has 1 aromatic carbocycles. The van der Waals surface area contributed by atoms with Gasteiger partial charge in [-0.15, -0.1) is 11.3 Å². The maximum absolute atomic E-state index is 8.91. The van der Waals surface area contributed by atoms with Gasteiger partial charge < -0.3 is 5.32 Å². The lowest BCUT2D eigenvalue weighted by Crippen LogP contribution is -2.20. The third-order valence-corrected chi connectivity index (χ3v) is 4.62. The first-order chi connectivity index (χ1) is 8.81. The van der Waals surface area contributed by atoms with Crippen molar-refractivity contribution in [2.24, 2.45) is 0 Å². The Morgan fingerprint density at radius 3 is 2.67 bits per heavy atom. The Labute approximate surface area is 119 Å². The van der Waals surface area contributed by atoms with Gasteiger partial charge >= 0.3 is 0 Å². The molecule has 2 aromatic rings. The van der Waals surface area contributed by atoms with Gasteiger partial charge in [0.15, 0.2) is 0 Å². The van der Waals surface area contributed by atoms with E-state index in [9.17, 15) is 0 Å². The monoisotopic (exact) mass is 320 g/mol. The van der Waals surface area contributed by atoms with Crippen LogP contribution in [0.3, 0.4) is 0 Å². The fraction of sp³-hybridized carbons (Fsp3) is 0.214. The Hall–Kier alpha value is -1.15. The average Bonchev–Trinajstić information content (AvgIpc) is 2.81.